The molecule has 27 heavy (non-hydrogen) atoms. The third-order valence-electron chi connectivity index (χ3n) is 3.83. The number of hydrogen-bond acceptors (Lipinski definition) is 6. The van der Waals surface area contributed by atoms with Crippen molar-refractivity contribution in [2.75, 3.05) is 20.3 Å². The molecule has 2 rings (SSSR count). The van der Waals surface area contributed by atoms with Crippen LogP contribution >= 0.6 is 11.3 Å². The molecule has 0 aliphatic heterocycles. The van der Waals surface area contributed by atoms with E-state index >= 15 is 0 Å². The molecule has 0 aliphatic carbocycles. The normalized spacial score (nSPS) is 13.0. The molecule has 8 heteroatoms. The van der Waals surface area contributed by atoms with E-state index in [-0.39, 0.29) is 18.9 Å². The number of carbonyl (C=O) groups is 2. The average molecular weight is 392 g/mol. The van der Waals surface area contributed by atoms with Gasteiger partial charge in [-0.05, 0) is 45.0 Å². The minimum absolute atomic E-state index is 0.0919. The minimum atomic E-state index is -1.01. The Bertz CT molecular complexity index is 803. The summed E-state index contributed by atoms with van der Waals surface area (Å²) in [5, 5.41) is 12.6. The Balaban J connectivity index is 2.21. The first-order chi connectivity index (χ1) is 12.8. The summed E-state index contributed by atoms with van der Waals surface area (Å²) in [5.74, 6) is -0.592. The third kappa shape index (κ3) is 5.51. The van der Waals surface area contributed by atoms with Crippen LogP contribution in [0.25, 0.3) is 10.6 Å². The number of nitrogens with one attached hydrogen (secondary N) is 1. The fraction of sp³-hybridized carbons (Fsp3) is 0.421. The van der Waals surface area contributed by atoms with Crippen molar-refractivity contribution < 1.29 is 24.2 Å². The van der Waals surface area contributed by atoms with Gasteiger partial charge in [-0.2, -0.15) is 0 Å². The van der Waals surface area contributed by atoms with Crippen LogP contribution in [0, 0.1) is 6.92 Å². The maximum atomic E-state index is 12.7. The Morgan fingerprint density at radius 2 is 1.96 bits per heavy atom. The van der Waals surface area contributed by atoms with Gasteiger partial charge in [0.1, 0.15) is 15.6 Å². The minimum Gasteiger partial charge on any atom is -0.494 e. The van der Waals surface area contributed by atoms with Gasteiger partial charge in [0.25, 0.3) is 5.91 Å². The lowest BCUT2D eigenvalue weighted by molar-refractivity contribution is -0.139. The van der Waals surface area contributed by atoms with E-state index in [0.717, 1.165) is 11.3 Å². The zero-order valence-electron chi connectivity index (χ0n) is 15.9. The first-order valence-electron chi connectivity index (χ1n) is 8.52. The Morgan fingerprint density at radius 1 is 1.30 bits per heavy atom. The Morgan fingerprint density at radius 3 is 2.52 bits per heavy atom. The average Bonchev–Trinajstić information content (AvgIpc) is 2.97. The Hall–Kier alpha value is -2.45. The van der Waals surface area contributed by atoms with E-state index in [0.29, 0.717) is 22.2 Å². The van der Waals surface area contributed by atoms with Crippen molar-refractivity contribution in [1.29, 1.82) is 0 Å². The summed E-state index contributed by atoms with van der Waals surface area (Å²) in [6.45, 7) is 6.01. The van der Waals surface area contributed by atoms with Crippen molar-refractivity contribution in [3.05, 3.63) is 34.8 Å². The first kappa shape index (κ1) is 20.9. The molecule has 0 fully saturated rings. The third-order valence-corrected chi connectivity index (χ3v) is 5.04. The maximum Gasteiger partial charge on any atom is 0.305 e. The number of carbonyl (C=O) groups excluding carboxylic acids is 1. The van der Waals surface area contributed by atoms with Gasteiger partial charge in [0, 0.05) is 12.7 Å². The molecule has 2 aromatic rings. The van der Waals surface area contributed by atoms with Gasteiger partial charge in [-0.3, -0.25) is 9.59 Å². The molecule has 0 spiro atoms. The lowest BCUT2D eigenvalue weighted by atomic mass is 9.99. The molecular formula is C19H24N2O5S. The number of nitrogens with zero attached hydrogens (tertiary/aromatic N) is 1. The van der Waals surface area contributed by atoms with Gasteiger partial charge in [0.15, 0.2) is 0 Å². The number of methoxy groups -OCH3 is 1. The smallest absolute Gasteiger partial charge is 0.305 e. The molecule has 146 valence electrons. The molecule has 2 N–H and O–H groups in total. The number of aryl methyl sites for hydroxylation is 1. The van der Waals surface area contributed by atoms with Gasteiger partial charge in [-0.15, -0.1) is 11.3 Å². The van der Waals surface area contributed by atoms with Crippen molar-refractivity contribution in [3.63, 3.8) is 0 Å². The quantitative estimate of drug-likeness (QED) is 0.680. The monoisotopic (exact) mass is 392 g/mol. The molecular weight excluding hydrogens is 368 g/mol. The molecule has 1 atom stereocenters. The van der Waals surface area contributed by atoms with Crippen LogP contribution in [-0.2, 0) is 9.53 Å². The molecule has 1 aromatic carbocycles. The van der Waals surface area contributed by atoms with Crippen molar-refractivity contribution >= 4 is 23.2 Å². The van der Waals surface area contributed by atoms with Crippen molar-refractivity contribution in [3.8, 4) is 16.3 Å². The number of hydrogen-bond donors (Lipinski definition) is 2. The molecule has 0 aliphatic rings. The number of aliphatic carboxylic acids is 1. The van der Waals surface area contributed by atoms with Crippen LogP contribution in [0.1, 0.15) is 35.6 Å². The summed E-state index contributed by atoms with van der Waals surface area (Å²) >= 11 is 1.27. The van der Waals surface area contributed by atoms with Gasteiger partial charge in [0.05, 0.1) is 30.9 Å². The van der Waals surface area contributed by atoms with E-state index in [1.165, 1.54) is 18.4 Å². The van der Waals surface area contributed by atoms with Crippen molar-refractivity contribution in [2.45, 2.75) is 32.7 Å². The number of aromatic nitrogens is 1. The van der Waals surface area contributed by atoms with Crippen LogP contribution in [-0.4, -0.2) is 47.8 Å². The van der Waals surface area contributed by atoms with Crippen molar-refractivity contribution in [1.82, 2.24) is 10.3 Å². The summed E-state index contributed by atoms with van der Waals surface area (Å²) in [5.41, 5.74) is 0.472. The number of thiazole rings is 1. The summed E-state index contributed by atoms with van der Waals surface area (Å²) in [7, 11) is 1.47. The highest BCUT2D eigenvalue weighted by Crippen LogP contribution is 2.29. The number of amides is 1. The predicted octanol–water partition coefficient (Wildman–Crippen LogP) is 3.13. The molecule has 1 aromatic heterocycles. The van der Waals surface area contributed by atoms with Crippen molar-refractivity contribution in [2.24, 2.45) is 0 Å². The molecule has 0 bridgehead atoms. The number of rotatable bonds is 9. The molecule has 0 radical (unpaired) electrons. The molecule has 1 heterocycles. The molecule has 0 saturated carbocycles. The Kier molecular flexibility index (Phi) is 6.92. The van der Waals surface area contributed by atoms with Gasteiger partial charge in [-0.1, -0.05) is 0 Å². The second-order valence-corrected chi connectivity index (χ2v) is 7.41. The zero-order chi connectivity index (χ0) is 20.0. The summed E-state index contributed by atoms with van der Waals surface area (Å²) < 4.78 is 10.5. The number of carboxylic acids is 1. The van der Waals surface area contributed by atoms with Gasteiger partial charge in [-0.25, -0.2) is 4.98 Å². The van der Waals surface area contributed by atoms with Crippen LogP contribution in [0.2, 0.25) is 0 Å². The maximum absolute atomic E-state index is 12.7. The lowest BCUT2D eigenvalue weighted by Crippen LogP contribution is -2.50. The SMILES string of the molecule is CCOc1ccc(-c2nc(C)c(C(=O)NC(C)(COC)CC(=O)O)s2)cc1. The summed E-state index contributed by atoms with van der Waals surface area (Å²) in [4.78, 5) is 28.8. The van der Waals surface area contributed by atoms with E-state index in [4.69, 9.17) is 14.6 Å². The zero-order valence-corrected chi connectivity index (χ0v) is 16.7. The highest BCUT2D eigenvalue weighted by molar-refractivity contribution is 7.17. The summed E-state index contributed by atoms with van der Waals surface area (Å²) in [6.07, 6.45) is -0.240. The molecule has 1 unspecified atom stereocenters. The van der Waals surface area contributed by atoms with E-state index in [1.54, 1.807) is 13.8 Å². The molecule has 0 saturated heterocycles. The van der Waals surface area contributed by atoms with Crippen LogP contribution in [0.3, 0.4) is 0 Å². The highest BCUT2D eigenvalue weighted by Gasteiger charge is 2.31. The van der Waals surface area contributed by atoms with Crippen LogP contribution in [0.5, 0.6) is 5.75 Å². The highest BCUT2D eigenvalue weighted by atomic mass is 32.1. The predicted molar refractivity (Wildman–Crippen MR) is 103 cm³/mol. The van der Waals surface area contributed by atoms with Gasteiger partial charge < -0.3 is 19.9 Å². The number of benzene rings is 1. The van der Waals surface area contributed by atoms with E-state index in [9.17, 15) is 9.59 Å². The number of carboxylic acid groups (broad SMARTS) is 1. The standard InChI is InChI=1S/C19H24N2O5S/c1-5-26-14-8-6-13(7-9-14)18-20-12(2)16(27-18)17(24)21-19(3,11-25-4)10-15(22)23/h6-9H,5,10-11H2,1-4H3,(H,21,24)(H,22,23). The van der Waals surface area contributed by atoms with E-state index in [2.05, 4.69) is 10.3 Å². The van der Waals surface area contributed by atoms with Crippen LogP contribution < -0.4 is 10.1 Å². The second-order valence-electron chi connectivity index (χ2n) is 6.41. The van der Waals surface area contributed by atoms with E-state index in [1.807, 2.05) is 31.2 Å². The Labute approximate surface area is 162 Å². The largest absolute Gasteiger partial charge is 0.494 e. The fourth-order valence-corrected chi connectivity index (χ4v) is 3.67. The van der Waals surface area contributed by atoms with Crippen LogP contribution in [0.15, 0.2) is 24.3 Å². The fourth-order valence-electron chi connectivity index (χ4n) is 2.71. The summed E-state index contributed by atoms with van der Waals surface area (Å²) in [6, 6.07) is 7.50. The first-order valence-corrected chi connectivity index (χ1v) is 9.33. The van der Waals surface area contributed by atoms with Gasteiger partial charge in [0.2, 0.25) is 0 Å². The van der Waals surface area contributed by atoms with Crippen LogP contribution in [0.4, 0.5) is 0 Å². The number of ether oxygens (including phenoxy) is 2. The molecule has 7 nitrogen and oxygen atoms in total. The topological polar surface area (TPSA) is 97.8 Å². The van der Waals surface area contributed by atoms with Gasteiger partial charge >= 0.3 is 5.97 Å². The lowest BCUT2D eigenvalue weighted by Gasteiger charge is -2.28. The molecule has 1 amide bonds. The second kappa shape index (κ2) is 8.96. The van der Waals surface area contributed by atoms with E-state index < -0.39 is 11.5 Å².